The summed E-state index contributed by atoms with van der Waals surface area (Å²) < 4.78 is 2.17. The molecular weight excluding hydrogens is 390 g/mol. The van der Waals surface area contributed by atoms with Crippen LogP contribution in [-0.4, -0.2) is 22.6 Å². The molecule has 0 saturated heterocycles. The predicted octanol–water partition coefficient (Wildman–Crippen LogP) is 4.28. The van der Waals surface area contributed by atoms with Crippen molar-refractivity contribution < 1.29 is 9.59 Å². The van der Waals surface area contributed by atoms with Gasteiger partial charge in [-0.2, -0.15) is 0 Å². The minimum atomic E-state index is -0.376. The Labute approximate surface area is 164 Å². The summed E-state index contributed by atoms with van der Waals surface area (Å²) in [5.41, 5.74) is 6.25. The van der Waals surface area contributed by atoms with Crippen LogP contribution in [0.3, 0.4) is 0 Å². The summed E-state index contributed by atoms with van der Waals surface area (Å²) in [7, 11) is 0. The fourth-order valence-corrected chi connectivity index (χ4v) is 4.37. The van der Waals surface area contributed by atoms with E-state index in [9.17, 15) is 9.59 Å². The molecule has 3 rings (SSSR count). The largest absolute Gasteiger partial charge is 0.273 e. The van der Waals surface area contributed by atoms with Gasteiger partial charge in [-0.1, -0.05) is 35.5 Å². The van der Waals surface area contributed by atoms with E-state index in [-0.39, 0.29) is 11.8 Å². The Kier molecular flexibility index (Phi) is 6.49. The Morgan fingerprint density at radius 1 is 1.08 bits per heavy atom. The van der Waals surface area contributed by atoms with Gasteiger partial charge in [-0.05, 0) is 42.8 Å². The van der Waals surface area contributed by atoms with Gasteiger partial charge in [-0.25, -0.2) is 4.98 Å². The third-order valence-electron chi connectivity index (χ3n) is 3.47. The zero-order valence-electron chi connectivity index (χ0n) is 13.7. The first kappa shape index (κ1) is 18.7. The highest BCUT2D eigenvalue weighted by atomic mass is 35.5. The average molecular weight is 406 g/mol. The van der Waals surface area contributed by atoms with Crippen LogP contribution < -0.4 is 10.9 Å². The molecule has 26 heavy (non-hydrogen) atoms. The number of thioether (sulfide) groups is 1. The topological polar surface area (TPSA) is 71.1 Å². The number of carbonyl (C=O) groups is 2. The van der Waals surface area contributed by atoms with Gasteiger partial charge in [0.1, 0.15) is 0 Å². The average Bonchev–Trinajstić information content (AvgIpc) is 3.06. The van der Waals surface area contributed by atoms with Crippen molar-refractivity contribution >= 4 is 56.7 Å². The number of carbonyl (C=O) groups excluding carboxylic acids is 2. The SMILES string of the molecule is O=C(CCCSc1nc2ccccc2s1)NNC(=O)c1ccc(Cl)cc1. The van der Waals surface area contributed by atoms with Gasteiger partial charge in [0.25, 0.3) is 5.91 Å². The monoisotopic (exact) mass is 405 g/mol. The number of fused-ring (bicyclic) bond motifs is 1. The Morgan fingerprint density at radius 2 is 1.85 bits per heavy atom. The molecule has 0 aliphatic heterocycles. The number of aromatic nitrogens is 1. The van der Waals surface area contributed by atoms with Gasteiger partial charge in [0.05, 0.1) is 10.2 Å². The van der Waals surface area contributed by atoms with Crippen molar-refractivity contribution in [2.45, 2.75) is 17.2 Å². The van der Waals surface area contributed by atoms with E-state index in [1.165, 1.54) is 0 Å². The van der Waals surface area contributed by atoms with Crippen molar-refractivity contribution in [2.24, 2.45) is 0 Å². The van der Waals surface area contributed by atoms with Gasteiger partial charge in [-0.15, -0.1) is 11.3 Å². The number of hydrogen-bond donors (Lipinski definition) is 2. The lowest BCUT2D eigenvalue weighted by Gasteiger charge is -2.07. The Bertz CT molecular complexity index is 879. The normalized spacial score (nSPS) is 10.7. The van der Waals surface area contributed by atoms with Gasteiger partial charge in [0.15, 0.2) is 4.34 Å². The van der Waals surface area contributed by atoms with Crippen LogP contribution in [0.5, 0.6) is 0 Å². The van der Waals surface area contributed by atoms with Gasteiger partial charge in [-0.3, -0.25) is 20.4 Å². The second-order valence-corrected chi connectivity index (χ2v) is 8.22. The van der Waals surface area contributed by atoms with E-state index >= 15 is 0 Å². The molecule has 2 amide bonds. The zero-order valence-corrected chi connectivity index (χ0v) is 16.1. The number of rotatable bonds is 6. The summed E-state index contributed by atoms with van der Waals surface area (Å²) in [4.78, 5) is 28.2. The molecule has 0 unspecified atom stereocenters. The molecule has 134 valence electrons. The van der Waals surface area contributed by atoms with Gasteiger partial charge >= 0.3 is 0 Å². The van der Waals surface area contributed by atoms with Crippen LogP contribution in [0, 0.1) is 0 Å². The smallest absolute Gasteiger partial charge is 0.269 e. The van der Waals surface area contributed by atoms with E-state index in [0.29, 0.717) is 23.4 Å². The number of nitrogens with one attached hydrogen (secondary N) is 2. The molecule has 0 bridgehead atoms. The summed E-state index contributed by atoms with van der Waals surface area (Å²) in [6, 6.07) is 14.4. The van der Waals surface area contributed by atoms with E-state index in [1.807, 2.05) is 24.3 Å². The number of hydrazine groups is 1. The van der Waals surface area contributed by atoms with E-state index in [2.05, 4.69) is 15.8 Å². The van der Waals surface area contributed by atoms with E-state index in [1.54, 1.807) is 47.4 Å². The fraction of sp³-hybridized carbons (Fsp3) is 0.167. The zero-order chi connectivity index (χ0) is 18.4. The van der Waals surface area contributed by atoms with Gasteiger partial charge in [0, 0.05) is 22.8 Å². The minimum Gasteiger partial charge on any atom is -0.273 e. The molecule has 0 spiro atoms. The highest BCUT2D eigenvalue weighted by molar-refractivity contribution is 8.01. The molecule has 1 heterocycles. The number of para-hydroxylation sites is 1. The lowest BCUT2D eigenvalue weighted by Crippen LogP contribution is -2.41. The number of halogens is 1. The molecule has 0 radical (unpaired) electrons. The predicted molar refractivity (Wildman–Crippen MR) is 107 cm³/mol. The summed E-state index contributed by atoms with van der Waals surface area (Å²) in [6.07, 6.45) is 1.03. The Hall–Kier alpha value is -2.09. The molecule has 0 aliphatic rings. The number of amides is 2. The standard InChI is InChI=1S/C18H16ClN3O2S2/c19-13-9-7-12(8-10-13)17(24)22-21-16(23)6-3-11-25-18-20-14-4-1-2-5-15(14)26-18/h1-2,4-5,7-10H,3,6,11H2,(H,21,23)(H,22,24). The molecule has 0 atom stereocenters. The van der Waals surface area contributed by atoms with Crippen molar-refractivity contribution in [1.29, 1.82) is 0 Å². The van der Waals surface area contributed by atoms with Crippen LogP contribution in [0.25, 0.3) is 10.2 Å². The number of thiazole rings is 1. The third-order valence-corrected chi connectivity index (χ3v) is 5.99. The maximum Gasteiger partial charge on any atom is 0.269 e. The first-order chi connectivity index (χ1) is 12.6. The van der Waals surface area contributed by atoms with E-state index in [0.717, 1.165) is 20.3 Å². The summed E-state index contributed by atoms with van der Waals surface area (Å²) in [5, 5.41) is 0.552. The van der Waals surface area contributed by atoms with Gasteiger partial charge in [0.2, 0.25) is 5.91 Å². The minimum absolute atomic E-state index is 0.225. The molecular formula is C18H16ClN3O2S2. The molecule has 0 saturated carbocycles. The maximum absolute atomic E-state index is 11.9. The van der Waals surface area contributed by atoms with Crippen LogP contribution in [0.2, 0.25) is 5.02 Å². The summed E-state index contributed by atoms with van der Waals surface area (Å²) >= 11 is 9.07. The maximum atomic E-state index is 11.9. The molecule has 2 aromatic carbocycles. The molecule has 8 heteroatoms. The number of benzene rings is 2. The fourth-order valence-electron chi connectivity index (χ4n) is 2.17. The highest BCUT2D eigenvalue weighted by Crippen LogP contribution is 2.29. The van der Waals surface area contributed by atoms with Crippen LogP contribution in [0.1, 0.15) is 23.2 Å². The Morgan fingerprint density at radius 3 is 2.62 bits per heavy atom. The summed E-state index contributed by atoms with van der Waals surface area (Å²) in [6.45, 7) is 0. The lowest BCUT2D eigenvalue weighted by molar-refractivity contribution is -0.121. The molecule has 5 nitrogen and oxygen atoms in total. The first-order valence-corrected chi connectivity index (χ1v) is 10.1. The third kappa shape index (κ3) is 5.20. The van der Waals surface area contributed by atoms with E-state index in [4.69, 9.17) is 11.6 Å². The lowest BCUT2D eigenvalue weighted by atomic mass is 10.2. The second-order valence-electron chi connectivity index (χ2n) is 5.41. The van der Waals surface area contributed by atoms with Crippen molar-refractivity contribution in [2.75, 3.05) is 5.75 Å². The molecule has 2 N–H and O–H groups in total. The Balaban J connectivity index is 1.36. The summed E-state index contributed by atoms with van der Waals surface area (Å²) in [5.74, 6) is 0.189. The molecule has 0 aliphatic carbocycles. The number of nitrogens with zero attached hydrogens (tertiary/aromatic N) is 1. The number of hydrogen-bond acceptors (Lipinski definition) is 5. The van der Waals surface area contributed by atoms with Crippen LogP contribution in [0.15, 0.2) is 52.9 Å². The molecule has 1 aromatic heterocycles. The van der Waals surface area contributed by atoms with Crippen molar-refractivity contribution in [1.82, 2.24) is 15.8 Å². The second kappa shape index (κ2) is 9.02. The van der Waals surface area contributed by atoms with Crippen molar-refractivity contribution in [3.05, 3.63) is 59.1 Å². The van der Waals surface area contributed by atoms with Crippen LogP contribution in [-0.2, 0) is 4.79 Å². The van der Waals surface area contributed by atoms with Crippen molar-refractivity contribution in [3.63, 3.8) is 0 Å². The van der Waals surface area contributed by atoms with E-state index < -0.39 is 0 Å². The first-order valence-electron chi connectivity index (χ1n) is 7.95. The van der Waals surface area contributed by atoms with Crippen LogP contribution in [0.4, 0.5) is 0 Å². The van der Waals surface area contributed by atoms with Crippen molar-refractivity contribution in [3.8, 4) is 0 Å². The van der Waals surface area contributed by atoms with Crippen LogP contribution >= 0.6 is 34.7 Å². The highest BCUT2D eigenvalue weighted by Gasteiger charge is 2.08. The molecule has 0 fully saturated rings. The quantitative estimate of drug-likeness (QED) is 0.364. The molecule has 3 aromatic rings. The van der Waals surface area contributed by atoms with Gasteiger partial charge < -0.3 is 0 Å².